The van der Waals surface area contributed by atoms with Gasteiger partial charge in [-0.25, -0.2) is 0 Å². The van der Waals surface area contributed by atoms with Gasteiger partial charge in [0.25, 0.3) is 0 Å². The minimum absolute atomic E-state index is 0.552. The Balaban J connectivity index is 1.81. The first-order valence-corrected chi connectivity index (χ1v) is 7.99. The Morgan fingerprint density at radius 3 is 2.50 bits per heavy atom. The van der Waals surface area contributed by atoms with Crippen molar-refractivity contribution in [2.24, 2.45) is 0 Å². The maximum atomic E-state index is 5.39. The molecule has 0 amide bonds. The zero-order chi connectivity index (χ0) is 14.2. The lowest BCUT2D eigenvalue weighted by Gasteiger charge is -2.29. The molecule has 1 unspecified atom stereocenters. The zero-order valence-corrected chi connectivity index (χ0v) is 12.9. The Hall–Kier alpha value is -1.22. The summed E-state index contributed by atoms with van der Waals surface area (Å²) in [4.78, 5) is 2.39. The van der Waals surface area contributed by atoms with E-state index in [-0.39, 0.29) is 0 Å². The van der Waals surface area contributed by atoms with E-state index < -0.39 is 0 Å². The van der Waals surface area contributed by atoms with Crippen molar-refractivity contribution in [2.75, 3.05) is 36.5 Å². The van der Waals surface area contributed by atoms with Crippen LogP contribution in [0.4, 0.5) is 11.4 Å². The molecule has 1 aliphatic heterocycles. The van der Waals surface area contributed by atoms with E-state index in [9.17, 15) is 0 Å². The third kappa shape index (κ3) is 4.71. The van der Waals surface area contributed by atoms with Crippen LogP contribution < -0.4 is 10.2 Å². The first kappa shape index (κ1) is 15.2. The predicted molar refractivity (Wildman–Crippen MR) is 86.7 cm³/mol. The third-order valence-electron chi connectivity index (χ3n) is 3.90. The highest BCUT2D eigenvalue weighted by Crippen LogP contribution is 2.20. The lowest BCUT2D eigenvalue weighted by molar-refractivity contribution is 0.122. The van der Waals surface area contributed by atoms with Crippen LogP contribution in [-0.4, -0.2) is 32.3 Å². The summed E-state index contributed by atoms with van der Waals surface area (Å²) in [6.45, 7) is 8.21. The van der Waals surface area contributed by atoms with Crippen molar-refractivity contribution in [3.05, 3.63) is 24.3 Å². The van der Waals surface area contributed by atoms with E-state index >= 15 is 0 Å². The molecule has 1 N–H and O–H groups in total. The van der Waals surface area contributed by atoms with E-state index in [4.69, 9.17) is 4.74 Å². The Kier molecular flexibility index (Phi) is 6.19. The minimum atomic E-state index is 0.552. The van der Waals surface area contributed by atoms with Crippen LogP contribution >= 0.6 is 0 Å². The van der Waals surface area contributed by atoms with Gasteiger partial charge in [0.15, 0.2) is 0 Å². The van der Waals surface area contributed by atoms with Crippen molar-refractivity contribution in [1.82, 2.24) is 0 Å². The van der Waals surface area contributed by atoms with Gasteiger partial charge in [-0.05, 0) is 37.6 Å². The molecule has 0 saturated carbocycles. The van der Waals surface area contributed by atoms with Gasteiger partial charge in [0.1, 0.15) is 0 Å². The standard InChI is InChI=1S/C17H28N2O/c1-3-4-5-6-15(2)18-16-7-9-17(10-8-16)19-11-13-20-14-12-19/h7-10,15,18H,3-6,11-14H2,1-2H3. The van der Waals surface area contributed by atoms with E-state index in [0.717, 1.165) is 26.3 Å². The van der Waals surface area contributed by atoms with Gasteiger partial charge in [0.2, 0.25) is 0 Å². The van der Waals surface area contributed by atoms with Crippen molar-refractivity contribution >= 4 is 11.4 Å². The number of unbranched alkanes of at least 4 members (excludes halogenated alkanes) is 2. The molecular weight excluding hydrogens is 248 g/mol. The highest BCUT2D eigenvalue weighted by molar-refractivity contribution is 5.55. The lowest BCUT2D eigenvalue weighted by Crippen LogP contribution is -2.36. The summed E-state index contributed by atoms with van der Waals surface area (Å²) < 4.78 is 5.39. The van der Waals surface area contributed by atoms with Crippen molar-refractivity contribution in [3.63, 3.8) is 0 Å². The molecule has 0 aromatic heterocycles. The first-order valence-electron chi connectivity index (χ1n) is 7.99. The average Bonchev–Trinajstić information content (AvgIpc) is 2.49. The van der Waals surface area contributed by atoms with Crippen LogP contribution in [-0.2, 0) is 4.74 Å². The van der Waals surface area contributed by atoms with Crippen molar-refractivity contribution in [3.8, 4) is 0 Å². The van der Waals surface area contributed by atoms with E-state index in [1.165, 1.54) is 37.1 Å². The fourth-order valence-corrected chi connectivity index (χ4v) is 2.65. The number of rotatable bonds is 7. The fraction of sp³-hybridized carbons (Fsp3) is 0.647. The summed E-state index contributed by atoms with van der Waals surface area (Å²) >= 11 is 0. The van der Waals surface area contributed by atoms with Gasteiger partial charge < -0.3 is 15.0 Å². The molecule has 0 radical (unpaired) electrons. The largest absolute Gasteiger partial charge is 0.383 e. The molecule has 0 aliphatic carbocycles. The monoisotopic (exact) mass is 276 g/mol. The number of morpholine rings is 1. The number of ether oxygens (including phenoxy) is 1. The topological polar surface area (TPSA) is 24.5 Å². The maximum absolute atomic E-state index is 5.39. The van der Waals surface area contributed by atoms with Crippen molar-refractivity contribution < 1.29 is 4.74 Å². The zero-order valence-electron chi connectivity index (χ0n) is 12.9. The van der Waals surface area contributed by atoms with Crippen LogP contribution in [0.1, 0.15) is 39.5 Å². The van der Waals surface area contributed by atoms with Gasteiger partial charge in [-0.1, -0.05) is 26.2 Å². The highest BCUT2D eigenvalue weighted by atomic mass is 16.5. The molecule has 3 heteroatoms. The van der Waals surface area contributed by atoms with E-state index in [0.29, 0.717) is 6.04 Å². The van der Waals surface area contributed by atoms with E-state index in [1.54, 1.807) is 0 Å². The summed E-state index contributed by atoms with van der Waals surface area (Å²) in [5.41, 5.74) is 2.53. The van der Waals surface area contributed by atoms with Crippen LogP contribution in [0, 0.1) is 0 Å². The van der Waals surface area contributed by atoms with Crippen LogP contribution in [0.15, 0.2) is 24.3 Å². The van der Waals surface area contributed by atoms with Crippen LogP contribution in [0.2, 0.25) is 0 Å². The van der Waals surface area contributed by atoms with Gasteiger partial charge in [0.05, 0.1) is 13.2 Å². The molecule has 1 atom stereocenters. The Labute approximate surface area is 123 Å². The molecule has 1 aliphatic rings. The number of nitrogens with one attached hydrogen (secondary N) is 1. The number of anilines is 2. The highest BCUT2D eigenvalue weighted by Gasteiger charge is 2.10. The molecule has 112 valence electrons. The molecule has 3 nitrogen and oxygen atoms in total. The summed E-state index contributed by atoms with van der Waals surface area (Å²) in [5.74, 6) is 0. The van der Waals surface area contributed by atoms with E-state index in [1.807, 2.05) is 0 Å². The van der Waals surface area contributed by atoms with Gasteiger partial charge in [0, 0.05) is 30.5 Å². The normalized spacial score (nSPS) is 17.0. The predicted octanol–water partition coefficient (Wildman–Crippen LogP) is 3.90. The third-order valence-corrected chi connectivity index (χ3v) is 3.90. The Bertz CT molecular complexity index is 371. The molecule has 0 bridgehead atoms. The number of nitrogens with zero attached hydrogens (tertiary/aromatic N) is 1. The van der Waals surface area contributed by atoms with Gasteiger partial charge in [-0.3, -0.25) is 0 Å². The fourth-order valence-electron chi connectivity index (χ4n) is 2.65. The molecular formula is C17H28N2O. The Morgan fingerprint density at radius 2 is 1.85 bits per heavy atom. The smallest absolute Gasteiger partial charge is 0.0642 e. The molecule has 1 aromatic rings. The van der Waals surface area contributed by atoms with E-state index in [2.05, 4.69) is 48.3 Å². The van der Waals surface area contributed by atoms with Crippen LogP contribution in [0.25, 0.3) is 0 Å². The molecule has 0 spiro atoms. The number of hydrogen-bond donors (Lipinski definition) is 1. The molecule has 1 aromatic carbocycles. The van der Waals surface area contributed by atoms with Crippen molar-refractivity contribution in [1.29, 1.82) is 0 Å². The quantitative estimate of drug-likeness (QED) is 0.764. The minimum Gasteiger partial charge on any atom is -0.383 e. The number of hydrogen-bond acceptors (Lipinski definition) is 3. The molecule has 1 saturated heterocycles. The van der Waals surface area contributed by atoms with Crippen LogP contribution in [0.5, 0.6) is 0 Å². The maximum Gasteiger partial charge on any atom is 0.0642 e. The molecule has 2 rings (SSSR count). The molecule has 20 heavy (non-hydrogen) atoms. The van der Waals surface area contributed by atoms with Gasteiger partial charge in [-0.15, -0.1) is 0 Å². The summed E-state index contributed by atoms with van der Waals surface area (Å²) in [6.07, 6.45) is 5.19. The summed E-state index contributed by atoms with van der Waals surface area (Å²) in [6, 6.07) is 9.37. The molecule has 1 heterocycles. The summed E-state index contributed by atoms with van der Waals surface area (Å²) in [7, 11) is 0. The Morgan fingerprint density at radius 1 is 1.15 bits per heavy atom. The second kappa shape index (κ2) is 8.15. The van der Waals surface area contributed by atoms with Gasteiger partial charge in [-0.2, -0.15) is 0 Å². The van der Waals surface area contributed by atoms with Gasteiger partial charge >= 0.3 is 0 Å². The average molecular weight is 276 g/mol. The second-order valence-electron chi connectivity index (χ2n) is 5.69. The lowest BCUT2D eigenvalue weighted by atomic mass is 10.1. The van der Waals surface area contributed by atoms with Crippen LogP contribution in [0.3, 0.4) is 0 Å². The SMILES string of the molecule is CCCCCC(C)Nc1ccc(N2CCOCC2)cc1. The number of benzene rings is 1. The van der Waals surface area contributed by atoms with Crippen molar-refractivity contribution in [2.45, 2.75) is 45.6 Å². The molecule has 1 fully saturated rings. The first-order chi connectivity index (χ1) is 9.79. The second-order valence-corrected chi connectivity index (χ2v) is 5.69. The summed E-state index contributed by atoms with van der Waals surface area (Å²) in [5, 5.41) is 3.59.